The van der Waals surface area contributed by atoms with Crippen LogP contribution >= 0.6 is 0 Å². The third-order valence-corrected chi connectivity index (χ3v) is 1.07. The van der Waals surface area contributed by atoms with E-state index in [0.29, 0.717) is 0 Å². The largest absolute Gasteiger partial charge is 0.400 e. The average Bonchev–Trinajstić information content (AvgIpc) is 2.71. The second-order valence-electron chi connectivity index (χ2n) is 1.57. The molecule has 72 valence electrons. The van der Waals surface area contributed by atoms with E-state index in [-0.39, 0.29) is 0 Å². The van der Waals surface area contributed by atoms with E-state index in [1.54, 1.807) is 0 Å². The molecule has 2 heteroatoms. The molecule has 1 rings (SSSR count). The lowest BCUT2D eigenvalue weighted by Gasteiger charge is -1.73. The highest BCUT2D eigenvalue weighted by Gasteiger charge is 1.97. The fourth-order valence-electron chi connectivity index (χ4n) is 0.722. The van der Waals surface area contributed by atoms with Crippen molar-refractivity contribution < 1.29 is 10.4 Å². The van der Waals surface area contributed by atoms with E-state index in [2.05, 4.69) is 5.32 Å². The number of aliphatic hydroxyl groups excluding tert-OH is 1. The van der Waals surface area contributed by atoms with Crippen molar-refractivity contribution in [1.82, 2.24) is 0 Å². The van der Waals surface area contributed by atoms with Crippen LogP contribution in [0, 0.1) is 0 Å². The molecule has 0 unspecified atom stereocenters. The first kappa shape index (κ1) is 17.1. The number of hydrogen-bond donors (Lipinski definition) is 2. The van der Waals surface area contributed by atoms with Crippen molar-refractivity contribution in [1.29, 1.82) is 0 Å². The van der Waals surface area contributed by atoms with Crippen molar-refractivity contribution in [3.05, 3.63) is 0 Å². The molecule has 0 aromatic rings. The SMILES string of the molecule is C1CC[NH2+]C1.CC.CC.CO. The molecule has 2 nitrogen and oxygen atoms in total. The summed E-state index contributed by atoms with van der Waals surface area (Å²) in [6, 6.07) is 0. The van der Waals surface area contributed by atoms with Crippen LogP contribution in [0.1, 0.15) is 40.5 Å². The van der Waals surface area contributed by atoms with Crippen molar-refractivity contribution >= 4 is 0 Å². The minimum atomic E-state index is 1.00. The van der Waals surface area contributed by atoms with Gasteiger partial charge in [0.2, 0.25) is 0 Å². The first-order valence-corrected chi connectivity index (χ1v) is 4.76. The summed E-state index contributed by atoms with van der Waals surface area (Å²) in [6.07, 6.45) is 2.89. The molecule has 0 bridgehead atoms. The Morgan fingerprint density at radius 2 is 1.09 bits per heavy atom. The molecule has 0 radical (unpaired) electrons. The van der Waals surface area contributed by atoms with Gasteiger partial charge in [0.15, 0.2) is 0 Å². The predicted octanol–water partition coefficient (Wildman–Crippen LogP) is 1.00. The molecule has 3 N–H and O–H groups in total. The molecular formula is C9H26NO+. The minimum Gasteiger partial charge on any atom is -0.400 e. The Hall–Kier alpha value is -0.0800. The van der Waals surface area contributed by atoms with Crippen molar-refractivity contribution in [2.75, 3.05) is 20.2 Å². The number of quaternary nitrogens is 1. The zero-order valence-corrected chi connectivity index (χ0v) is 8.85. The molecule has 0 spiro atoms. The smallest absolute Gasteiger partial charge is 0.0757 e. The summed E-state index contributed by atoms with van der Waals surface area (Å²) >= 11 is 0. The van der Waals surface area contributed by atoms with E-state index in [1.807, 2.05) is 27.7 Å². The Bertz CT molecular complexity index is 21.1. The molecule has 1 fully saturated rings. The molecule has 1 heterocycles. The summed E-state index contributed by atoms with van der Waals surface area (Å²) in [4.78, 5) is 0. The molecule has 1 aliphatic rings. The van der Waals surface area contributed by atoms with Crippen LogP contribution in [-0.4, -0.2) is 25.3 Å². The standard InChI is InChI=1S/C4H9N.2C2H6.CH4O/c1-2-4-5-3-1;3*1-2/h5H,1-4H2;2*1-2H3;2H,1H3/p+1. The topological polar surface area (TPSA) is 36.8 Å². The van der Waals surface area contributed by atoms with E-state index in [0.717, 1.165) is 7.11 Å². The Morgan fingerprint density at radius 1 is 0.818 bits per heavy atom. The van der Waals surface area contributed by atoms with Crippen LogP contribution in [0.5, 0.6) is 0 Å². The first-order valence-electron chi connectivity index (χ1n) is 4.76. The van der Waals surface area contributed by atoms with Gasteiger partial charge in [0.1, 0.15) is 0 Å². The summed E-state index contributed by atoms with van der Waals surface area (Å²) in [5.74, 6) is 0. The van der Waals surface area contributed by atoms with E-state index < -0.39 is 0 Å². The molecule has 0 aliphatic carbocycles. The molecule has 0 aromatic carbocycles. The maximum atomic E-state index is 7.00. The molecule has 0 aromatic heterocycles. The minimum absolute atomic E-state index is 1.00. The molecule has 0 amide bonds. The van der Waals surface area contributed by atoms with Gasteiger partial charge in [-0.2, -0.15) is 0 Å². The Balaban J connectivity index is -0.0000000933. The van der Waals surface area contributed by atoms with E-state index in [9.17, 15) is 0 Å². The highest BCUT2D eigenvalue weighted by Crippen LogP contribution is 1.82. The normalized spacial score (nSPS) is 12.5. The molecule has 0 saturated carbocycles. The summed E-state index contributed by atoms with van der Waals surface area (Å²) in [7, 11) is 1.00. The maximum Gasteiger partial charge on any atom is 0.0757 e. The number of rotatable bonds is 0. The quantitative estimate of drug-likeness (QED) is 0.551. The zero-order chi connectivity index (χ0) is 9.54. The first-order chi connectivity index (χ1) is 5.50. The second-order valence-corrected chi connectivity index (χ2v) is 1.57. The van der Waals surface area contributed by atoms with Crippen LogP contribution in [0.3, 0.4) is 0 Å². The van der Waals surface area contributed by atoms with E-state index in [1.165, 1.54) is 25.9 Å². The number of aliphatic hydroxyl groups is 1. The van der Waals surface area contributed by atoms with Crippen molar-refractivity contribution in [3.63, 3.8) is 0 Å². The van der Waals surface area contributed by atoms with Crippen molar-refractivity contribution in [3.8, 4) is 0 Å². The Kier molecular flexibility index (Phi) is 50.8. The lowest BCUT2D eigenvalue weighted by molar-refractivity contribution is -0.635. The summed E-state index contributed by atoms with van der Waals surface area (Å²) in [5.41, 5.74) is 0. The lowest BCUT2D eigenvalue weighted by Crippen LogP contribution is -2.80. The van der Waals surface area contributed by atoms with E-state index in [4.69, 9.17) is 5.11 Å². The fourth-order valence-corrected chi connectivity index (χ4v) is 0.722. The van der Waals surface area contributed by atoms with Gasteiger partial charge in [0.05, 0.1) is 13.1 Å². The van der Waals surface area contributed by atoms with Crippen molar-refractivity contribution in [2.24, 2.45) is 0 Å². The van der Waals surface area contributed by atoms with Gasteiger partial charge in [-0.3, -0.25) is 0 Å². The van der Waals surface area contributed by atoms with Gasteiger partial charge < -0.3 is 10.4 Å². The summed E-state index contributed by atoms with van der Waals surface area (Å²) in [6.45, 7) is 10.8. The van der Waals surface area contributed by atoms with Gasteiger partial charge in [-0.1, -0.05) is 27.7 Å². The summed E-state index contributed by atoms with van der Waals surface area (Å²) < 4.78 is 0. The van der Waals surface area contributed by atoms with E-state index >= 15 is 0 Å². The van der Waals surface area contributed by atoms with Crippen LogP contribution < -0.4 is 5.32 Å². The molecular weight excluding hydrogens is 138 g/mol. The van der Waals surface area contributed by atoms with Gasteiger partial charge in [0, 0.05) is 20.0 Å². The van der Waals surface area contributed by atoms with Gasteiger partial charge in [-0.15, -0.1) is 0 Å². The monoisotopic (exact) mass is 164 g/mol. The highest BCUT2D eigenvalue weighted by molar-refractivity contribution is 4.37. The predicted molar refractivity (Wildman–Crippen MR) is 51.7 cm³/mol. The van der Waals surface area contributed by atoms with Gasteiger partial charge in [0.25, 0.3) is 0 Å². The lowest BCUT2D eigenvalue weighted by atomic mass is 10.4. The molecule has 1 saturated heterocycles. The van der Waals surface area contributed by atoms with Crippen LogP contribution in [0.4, 0.5) is 0 Å². The number of hydrogen-bond acceptors (Lipinski definition) is 1. The van der Waals surface area contributed by atoms with Crippen molar-refractivity contribution in [2.45, 2.75) is 40.5 Å². The molecule has 11 heavy (non-hydrogen) atoms. The second kappa shape index (κ2) is 32.6. The van der Waals surface area contributed by atoms with Gasteiger partial charge in [-0.05, 0) is 0 Å². The highest BCUT2D eigenvalue weighted by atomic mass is 16.2. The third kappa shape index (κ3) is 25.7. The number of nitrogens with two attached hydrogens (primary N) is 1. The van der Waals surface area contributed by atoms with Crippen LogP contribution in [0.25, 0.3) is 0 Å². The fraction of sp³-hybridized carbons (Fsp3) is 1.00. The molecule has 1 aliphatic heterocycles. The Morgan fingerprint density at radius 3 is 1.18 bits per heavy atom. The molecule has 0 atom stereocenters. The Labute approximate surface area is 72.0 Å². The third-order valence-electron chi connectivity index (χ3n) is 1.07. The van der Waals surface area contributed by atoms with Gasteiger partial charge >= 0.3 is 0 Å². The average molecular weight is 164 g/mol. The zero-order valence-electron chi connectivity index (χ0n) is 8.85. The maximum absolute atomic E-state index is 7.00. The van der Waals surface area contributed by atoms with Crippen LogP contribution in [0.15, 0.2) is 0 Å². The van der Waals surface area contributed by atoms with Crippen LogP contribution in [-0.2, 0) is 0 Å². The van der Waals surface area contributed by atoms with Gasteiger partial charge in [-0.25, -0.2) is 0 Å². The van der Waals surface area contributed by atoms with Crippen LogP contribution in [0.2, 0.25) is 0 Å². The summed E-state index contributed by atoms with van der Waals surface area (Å²) in [5, 5.41) is 9.36.